The van der Waals surface area contributed by atoms with E-state index in [9.17, 15) is 5.11 Å². The third kappa shape index (κ3) is 3.21. The fourth-order valence-corrected chi connectivity index (χ4v) is 2.77. The number of benzene rings is 1. The minimum absolute atomic E-state index is 0.652. The average molecular weight is 299 g/mol. The van der Waals surface area contributed by atoms with Crippen LogP contribution in [0, 0.1) is 6.92 Å². The third-order valence-corrected chi connectivity index (χ3v) is 3.59. The Balaban J connectivity index is 2.25. The lowest BCUT2D eigenvalue weighted by Gasteiger charge is -2.30. The van der Waals surface area contributed by atoms with Crippen LogP contribution in [-0.2, 0) is 0 Å². The Morgan fingerprint density at radius 3 is 2.94 bits per heavy atom. The highest BCUT2D eigenvalue weighted by Gasteiger charge is 2.27. The summed E-state index contributed by atoms with van der Waals surface area (Å²) in [6, 6.07) is 6.28. The summed E-state index contributed by atoms with van der Waals surface area (Å²) in [5, 5.41) is 13.5. The van der Waals surface area contributed by atoms with Crippen molar-refractivity contribution in [2.45, 2.75) is 19.4 Å². The van der Waals surface area contributed by atoms with Gasteiger partial charge in [0.2, 0.25) is 0 Å². The van der Waals surface area contributed by atoms with Crippen molar-refractivity contribution in [3.8, 4) is 0 Å². The van der Waals surface area contributed by atoms with E-state index in [1.165, 1.54) is 11.3 Å². The number of nitrogens with one attached hydrogen (secondary N) is 1. The lowest BCUT2D eigenvalue weighted by atomic mass is 10.1. The average Bonchev–Trinajstić information content (AvgIpc) is 2.39. The molecule has 1 aromatic rings. The van der Waals surface area contributed by atoms with Crippen LogP contribution in [-0.4, -0.2) is 36.9 Å². The molecule has 94 valence electrons. The summed E-state index contributed by atoms with van der Waals surface area (Å²) in [5.41, 5.74) is 1.77. The minimum Gasteiger partial charge on any atom is -0.387 e. The molecule has 1 aliphatic rings. The molecule has 0 aliphatic carbocycles. The fourth-order valence-electron chi connectivity index (χ4n) is 2.30. The van der Waals surface area contributed by atoms with E-state index in [-0.39, 0.29) is 0 Å². The Morgan fingerprint density at radius 2 is 2.24 bits per heavy atom. The molecule has 3 nitrogen and oxygen atoms in total. The zero-order chi connectivity index (χ0) is 12.5. The molecule has 4 heteroatoms. The van der Waals surface area contributed by atoms with Gasteiger partial charge in [-0.25, -0.2) is 0 Å². The van der Waals surface area contributed by atoms with Crippen LogP contribution in [0.3, 0.4) is 0 Å². The number of aliphatic hydroxyl groups is 1. The highest BCUT2D eigenvalue weighted by molar-refractivity contribution is 9.10. The molecular weight excluding hydrogens is 280 g/mol. The van der Waals surface area contributed by atoms with Crippen LogP contribution in [0.2, 0.25) is 0 Å². The molecule has 0 aromatic heterocycles. The largest absolute Gasteiger partial charge is 0.387 e. The van der Waals surface area contributed by atoms with E-state index < -0.39 is 5.60 Å². The van der Waals surface area contributed by atoms with Gasteiger partial charge in [-0.15, -0.1) is 0 Å². The summed E-state index contributed by atoms with van der Waals surface area (Å²) >= 11 is 3.48. The third-order valence-electron chi connectivity index (χ3n) is 3.10. The van der Waals surface area contributed by atoms with Gasteiger partial charge in [0.15, 0.2) is 0 Å². The normalized spacial score (nSPS) is 25.8. The van der Waals surface area contributed by atoms with E-state index in [4.69, 9.17) is 0 Å². The maximum absolute atomic E-state index is 10.2. The Labute approximate surface area is 111 Å². The SMILES string of the molecule is Cc1cc(Br)ccc1N1CCNCC(C)(O)C1. The van der Waals surface area contributed by atoms with E-state index >= 15 is 0 Å². The molecule has 0 radical (unpaired) electrons. The first-order chi connectivity index (χ1) is 7.98. The van der Waals surface area contributed by atoms with Crippen molar-refractivity contribution in [2.75, 3.05) is 31.1 Å². The minimum atomic E-state index is -0.671. The molecule has 2 rings (SSSR count). The number of hydrogen-bond donors (Lipinski definition) is 2. The van der Waals surface area contributed by atoms with E-state index in [1.54, 1.807) is 0 Å². The summed E-state index contributed by atoms with van der Waals surface area (Å²) in [7, 11) is 0. The molecule has 1 atom stereocenters. The molecule has 0 amide bonds. The topological polar surface area (TPSA) is 35.5 Å². The van der Waals surface area contributed by atoms with Crippen LogP contribution < -0.4 is 10.2 Å². The van der Waals surface area contributed by atoms with Crippen molar-refractivity contribution >= 4 is 21.6 Å². The van der Waals surface area contributed by atoms with Gasteiger partial charge in [0.1, 0.15) is 0 Å². The summed E-state index contributed by atoms with van der Waals surface area (Å²) in [5.74, 6) is 0. The molecule has 1 fully saturated rings. The fraction of sp³-hybridized carbons (Fsp3) is 0.538. The maximum atomic E-state index is 10.2. The van der Waals surface area contributed by atoms with Crippen molar-refractivity contribution in [2.24, 2.45) is 0 Å². The number of rotatable bonds is 1. The van der Waals surface area contributed by atoms with Gasteiger partial charge in [-0.3, -0.25) is 0 Å². The summed E-state index contributed by atoms with van der Waals surface area (Å²) in [6.45, 7) is 7.14. The highest BCUT2D eigenvalue weighted by atomic mass is 79.9. The monoisotopic (exact) mass is 298 g/mol. The number of anilines is 1. The van der Waals surface area contributed by atoms with Gasteiger partial charge in [-0.1, -0.05) is 15.9 Å². The number of nitrogens with zero attached hydrogens (tertiary/aromatic N) is 1. The molecule has 17 heavy (non-hydrogen) atoms. The standard InChI is InChI=1S/C13H19BrN2O/c1-10-7-11(14)3-4-12(10)16-6-5-15-8-13(2,17)9-16/h3-4,7,15,17H,5-6,8-9H2,1-2H3. The van der Waals surface area contributed by atoms with Crippen molar-refractivity contribution in [1.29, 1.82) is 0 Å². The number of aryl methyl sites for hydroxylation is 1. The summed E-state index contributed by atoms with van der Waals surface area (Å²) in [4.78, 5) is 2.25. The van der Waals surface area contributed by atoms with Crippen LogP contribution in [0.4, 0.5) is 5.69 Å². The molecule has 1 heterocycles. The van der Waals surface area contributed by atoms with Gasteiger partial charge < -0.3 is 15.3 Å². The maximum Gasteiger partial charge on any atom is 0.0917 e. The van der Waals surface area contributed by atoms with Gasteiger partial charge >= 0.3 is 0 Å². The molecule has 0 bridgehead atoms. The lowest BCUT2D eigenvalue weighted by Crippen LogP contribution is -2.43. The van der Waals surface area contributed by atoms with Crippen molar-refractivity contribution in [3.63, 3.8) is 0 Å². The number of halogens is 1. The van der Waals surface area contributed by atoms with Gasteiger partial charge in [0.25, 0.3) is 0 Å². The number of hydrogen-bond acceptors (Lipinski definition) is 3. The summed E-state index contributed by atoms with van der Waals surface area (Å²) < 4.78 is 1.10. The molecule has 1 unspecified atom stereocenters. The molecular formula is C13H19BrN2O. The van der Waals surface area contributed by atoms with E-state index in [0.29, 0.717) is 13.1 Å². The molecule has 1 aliphatic heterocycles. The van der Waals surface area contributed by atoms with Gasteiger partial charge in [-0.2, -0.15) is 0 Å². The summed E-state index contributed by atoms with van der Waals surface area (Å²) in [6.07, 6.45) is 0. The van der Waals surface area contributed by atoms with Crippen LogP contribution in [0.1, 0.15) is 12.5 Å². The molecule has 2 N–H and O–H groups in total. The van der Waals surface area contributed by atoms with E-state index in [0.717, 1.165) is 17.6 Å². The Kier molecular flexibility index (Phi) is 3.76. The molecule has 1 saturated heterocycles. The van der Waals surface area contributed by atoms with Gasteiger partial charge in [0.05, 0.1) is 5.60 Å². The second kappa shape index (κ2) is 4.96. The van der Waals surface area contributed by atoms with Gasteiger partial charge in [0, 0.05) is 36.3 Å². The lowest BCUT2D eigenvalue weighted by molar-refractivity contribution is 0.0729. The first-order valence-electron chi connectivity index (χ1n) is 5.92. The predicted octanol–water partition coefficient (Wildman–Crippen LogP) is 1.92. The smallest absolute Gasteiger partial charge is 0.0917 e. The quantitative estimate of drug-likeness (QED) is 0.831. The zero-order valence-electron chi connectivity index (χ0n) is 10.3. The first kappa shape index (κ1) is 12.9. The molecule has 0 spiro atoms. The van der Waals surface area contributed by atoms with Crippen molar-refractivity contribution < 1.29 is 5.11 Å². The van der Waals surface area contributed by atoms with Crippen molar-refractivity contribution in [3.05, 3.63) is 28.2 Å². The van der Waals surface area contributed by atoms with Crippen LogP contribution in [0.5, 0.6) is 0 Å². The first-order valence-corrected chi connectivity index (χ1v) is 6.71. The zero-order valence-corrected chi connectivity index (χ0v) is 11.9. The Hall–Kier alpha value is -0.580. The second-order valence-electron chi connectivity index (χ2n) is 5.03. The van der Waals surface area contributed by atoms with Crippen molar-refractivity contribution in [1.82, 2.24) is 5.32 Å². The second-order valence-corrected chi connectivity index (χ2v) is 5.94. The Bertz CT molecular complexity index is 406. The molecule has 1 aromatic carbocycles. The number of β-amino-alcohol motifs (C(OH)–C–C–N with tert-alkyl or cyclic N) is 1. The van der Waals surface area contributed by atoms with Crippen LogP contribution in [0.25, 0.3) is 0 Å². The van der Waals surface area contributed by atoms with E-state index in [2.05, 4.69) is 51.3 Å². The Morgan fingerprint density at radius 1 is 1.47 bits per heavy atom. The van der Waals surface area contributed by atoms with E-state index in [1.807, 2.05) is 6.92 Å². The predicted molar refractivity (Wildman–Crippen MR) is 74.6 cm³/mol. The van der Waals surface area contributed by atoms with Crippen LogP contribution >= 0.6 is 15.9 Å². The van der Waals surface area contributed by atoms with Gasteiger partial charge in [-0.05, 0) is 37.6 Å². The van der Waals surface area contributed by atoms with Crippen LogP contribution in [0.15, 0.2) is 22.7 Å². The molecule has 0 saturated carbocycles. The highest BCUT2D eigenvalue weighted by Crippen LogP contribution is 2.25.